The fourth-order valence-corrected chi connectivity index (χ4v) is 1.00. The molecule has 0 saturated heterocycles. The summed E-state index contributed by atoms with van der Waals surface area (Å²) in [6.45, 7) is 5.26. The average molecular weight is 201 g/mol. The molecule has 14 heavy (non-hydrogen) atoms. The first-order chi connectivity index (χ1) is 6.46. The Morgan fingerprint density at radius 3 is 2.29 bits per heavy atom. The van der Waals surface area contributed by atoms with Crippen molar-refractivity contribution in [2.75, 3.05) is 0 Å². The van der Waals surface area contributed by atoms with E-state index in [2.05, 4.69) is 5.32 Å². The predicted octanol–water partition coefficient (Wildman–Crippen LogP) is 1.55. The summed E-state index contributed by atoms with van der Waals surface area (Å²) in [6.07, 6.45) is 2.52. The van der Waals surface area contributed by atoms with Gasteiger partial charge in [-0.05, 0) is 19.8 Å². The first-order valence-corrected chi connectivity index (χ1v) is 5.00. The minimum atomic E-state index is -1.12. The molecule has 0 aromatic carbocycles. The number of carbonyl (C=O) groups is 2. The lowest BCUT2D eigenvalue weighted by Crippen LogP contribution is -2.51. The highest BCUT2D eigenvalue weighted by Gasteiger charge is 2.32. The van der Waals surface area contributed by atoms with E-state index in [4.69, 9.17) is 5.11 Å². The number of amides is 1. The Balaban J connectivity index is 4.18. The number of rotatable bonds is 6. The van der Waals surface area contributed by atoms with Crippen molar-refractivity contribution in [1.29, 1.82) is 0 Å². The van der Waals surface area contributed by atoms with Gasteiger partial charge >= 0.3 is 5.97 Å². The van der Waals surface area contributed by atoms with E-state index < -0.39 is 11.5 Å². The third-order valence-corrected chi connectivity index (χ3v) is 2.35. The van der Waals surface area contributed by atoms with Crippen LogP contribution in [0.25, 0.3) is 0 Å². The van der Waals surface area contributed by atoms with Crippen LogP contribution in [0.15, 0.2) is 0 Å². The van der Waals surface area contributed by atoms with Crippen LogP contribution in [0.5, 0.6) is 0 Å². The van der Waals surface area contributed by atoms with Crippen molar-refractivity contribution < 1.29 is 14.7 Å². The Hall–Kier alpha value is -1.06. The molecule has 4 heteroatoms. The van der Waals surface area contributed by atoms with Crippen LogP contribution in [0.2, 0.25) is 0 Å². The molecule has 0 spiro atoms. The zero-order valence-corrected chi connectivity index (χ0v) is 9.09. The van der Waals surface area contributed by atoms with Crippen LogP contribution in [0.4, 0.5) is 0 Å². The van der Waals surface area contributed by atoms with Crippen LogP contribution in [0, 0.1) is 0 Å². The van der Waals surface area contributed by atoms with Crippen molar-refractivity contribution in [3.8, 4) is 0 Å². The van der Waals surface area contributed by atoms with Gasteiger partial charge in [0, 0.05) is 6.42 Å². The molecule has 0 heterocycles. The van der Waals surface area contributed by atoms with Crippen LogP contribution >= 0.6 is 0 Å². The SMILES string of the molecule is CCCCC(=O)NC(C)(CC)C(=O)O. The summed E-state index contributed by atoms with van der Waals surface area (Å²) in [6, 6.07) is 0. The second kappa shape index (κ2) is 5.62. The van der Waals surface area contributed by atoms with Gasteiger partial charge in [0.25, 0.3) is 0 Å². The van der Waals surface area contributed by atoms with Gasteiger partial charge in [-0.3, -0.25) is 4.79 Å². The number of carboxylic acid groups (broad SMARTS) is 1. The lowest BCUT2D eigenvalue weighted by molar-refractivity contribution is -0.147. The number of unbranched alkanes of at least 4 members (excludes halogenated alkanes) is 1. The molecule has 0 aliphatic heterocycles. The molecule has 0 rings (SSSR count). The van der Waals surface area contributed by atoms with Gasteiger partial charge in [-0.2, -0.15) is 0 Å². The van der Waals surface area contributed by atoms with Gasteiger partial charge in [0.2, 0.25) is 5.91 Å². The molecule has 0 aromatic rings. The van der Waals surface area contributed by atoms with E-state index in [1.165, 1.54) is 6.92 Å². The van der Waals surface area contributed by atoms with Gasteiger partial charge in [0.15, 0.2) is 0 Å². The quantitative estimate of drug-likeness (QED) is 0.685. The molecule has 0 fully saturated rings. The standard InChI is InChI=1S/C10H19NO3/c1-4-6-7-8(12)11-10(3,5-2)9(13)14/h4-7H2,1-3H3,(H,11,12)(H,13,14). The molecule has 0 aliphatic carbocycles. The van der Waals surface area contributed by atoms with Crippen LogP contribution < -0.4 is 5.32 Å². The predicted molar refractivity (Wildman–Crippen MR) is 54.0 cm³/mol. The third-order valence-electron chi connectivity index (χ3n) is 2.35. The largest absolute Gasteiger partial charge is 0.480 e. The van der Waals surface area contributed by atoms with Crippen LogP contribution in [0.3, 0.4) is 0 Å². The van der Waals surface area contributed by atoms with E-state index in [-0.39, 0.29) is 5.91 Å². The van der Waals surface area contributed by atoms with E-state index in [1.807, 2.05) is 6.92 Å². The molecule has 4 nitrogen and oxygen atoms in total. The van der Waals surface area contributed by atoms with Crippen LogP contribution in [-0.4, -0.2) is 22.5 Å². The first-order valence-electron chi connectivity index (χ1n) is 5.00. The third kappa shape index (κ3) is 3.77. The normalized spacial score (nSPS) is 14.5. The summed E-state index contributed by atoms with van der Waals surface area (Å²) in [4.78, 5) is 22.2. The van der Waals surface area contributed by atoms with Gasteiger partial charge in [-0.15, -0.1) is 0 Å². The number of hydrogen-bond acceptors (Lipinski definition) is 2. The molecule has 82 valence electrons. The molecular weight excluding hydrogens is 182 g/mol. The van der Waals surface area contributed by atoms with Crippen LogP contribution in [-0.2, 0) is 9.59 Å². The average Bonchev–Trinajstić information content (AvgIpc) is 2.14. The van der Waals surface area contributed by atoms with E-state index >= 15 is 0 Å². The fraction of sp³-hybridized carbons (Fsp3) is 0.800. The van der Waals surface area contributed by atoms with Crippen molar-refractivity contribution in [2.24, 2.45) is 0 Å². The maximum absolute atomic E-state index is 11.3. The highest BCUT2D eigenvalue weighted by Crippen LogP contribution is 2.09. The summed E-state index contributed by atoms with van der Waals surface area (Å²) < 4.78 is 0. The number of carboxylic acids is 1. The molecule has 0 aromatic heterocycles. The lowest BCUT2D eigenvalue weighted by atomic mass is 9.99. The minimum Gasteiger partial charge on any atom is -0.480 e. The molecule has 0 aliphatic rings. The number of nitrogens with one attached hydrogen (secondary N) is 1. The fourth-order valence-electron chi connectivity index (χ4n) is 1.00. The highest BCUT2D eigenvalue weighted by molar-refractivity contribution is 5.86. The molecule has 0 bridgehead atoms. The molecule has 1 unspecified atom stereocenters. The van der Waals surface area contributed by atoms with Crippen molar-refractivity contribution in [3.63, 3.8) is 0 Å². The number of aliphatic carboxylic acids is 1. The van der Waals surface area contributed by atoms with E-state index in [0.29, 0.717) is 12.8 Å². The zero-order valence-electron chi connectivity index (χ0n) is 9.09. The monoisotopic (exact) mass is 201 g/mol. The van der Waals surface area contributed by atoms with E-state index in [9.17, 15) is 9.59 Å². The van der Waals surface area contributed by atoms with E-state index in [0.717, 1.165) is 12.8 Å². The summed E-state index contributed by atoms with van der Waals surface area (Å²) >= 11 is 0. The summed E-state index contributed by atoms with van der Waals surface area (Å²) in [5, 5.41) is 11.4. The van der Waals surface area contributed by atoms with Gasteiger partial charge < -0.3 is 10.4 Å². The Labute approximate surface area is 84.7 Å². The van der Waals surface area contributed by atoms with Crippen molar-refractivity contribution >= 4 is 11.9 Å². The number of hydrogen-bond donors (Lipinski definition) is 2. The number of carbonyl (C=O) groups excluding carboxylic acids is 1. The maximum Gasteiger partial charge on any atom is 0.329 e. The Kier molecular flexibility index (Phi) is 5.20. The van der Waals surface area contributed by atoms with Crippen molar-refractivity contribution in [1.82, 2.24) is 5.32 Å². The Bertz CT molecular complexity index is 215. The second-order valence-electron chi connectivity index (χ2n) is 3.64. The zero-order chi connectivity index (χ0) is 11.2. The van der Waals surface area contributed by atoms with Crippen LogP contribution in [0.1, 0.15) is 46.5 Å². The molecule has 1 amide bonds. The first kappa shape index (κ1) is 12.9. The van der Waals surface area contributed by atoms with Crippen molar-refractivity contribution in [3.05, 3.63) is 0 Å². The molecule has 2 N–H and O–H groups in total. The lowest BCUT2D eigenvalue weighted by Gasteiger charge is -2.24. The summed E-state index contributed by atoms with van der Waals surface area (Å²) in [5.41, 5.74) is -1.12. The summed E-state index contributed by atoms with van der Waals surface area (Å²) in [7, 11) is 0. The van der Waals surface area contributed by atoms with Gasteiger partial charge in [-0.25, -0.2) is 4.79 Å². The van der Waals surface area contributed by atoms with Gasteiger partial charge in [-0.1, -0.05) is 20.3 Å². The Morgan fingerprint density at radius 1 is 1.36 bits per heavy atom. The van der Waals surface area contributed by atoms with Gasteiger partial charge in [0.1, 0.15) is 5.54 Å². The topological polar surface area (TPSA) is 66.4 Å². The maximum atomic E-state index is 11.3. The van der Waals surface area contributed by atoms with E-state index in [1.54, 1.807) is 6.92 Å². The molecule has 0 radical (unpaired) electrons. The molecule has 1 atom stereocenters. The molecular formula is C10H19NO3. The minimum absolute atomic E-state index is 0.182. The Morgan fingerprint density at radius 2 is 1.93 bits per heavy atom. The smallest absolute Gasteiger partial charge is 0.329 e. The second-order valence-corrected chi connectivity index (χ2v) is 3.64. The molecule has 0 saturated carbocycles. The summed E-state index contributed by atoms with van der Waals surface area (Å²) in [5.74, 6) is -1.16. The van der Waals surface area contributed by atoms with Gasteiger partial charge in [0.05, 0.1) is 0 Å². The highest BCUT2D eigenvalue weighted by atomic mass is 16.4. The van der Waals surface area contributed by atoms with Crippen molar-refractivity contribution in [2.45, 2.75) is 52.0 Å².